The van der Waals surface area contributed by atoms with Crippen molar-refractivity contribution < 1.29 is 0 Å². The summed E-state index contributed by atoms with van der Waals surface area (Å²) in [5.41, 5.74) is 8.91. The molecule has 2 nitrogen and oxygen atoms in total. The SMILES string of the molecule is Cc1ccc(N)cc1Sc1nc2ccccc2s1. The second-order valence-corrected chi connectivity index (χ2v) is 6.39. The van der Waals surface area contributed by atoms with E-state index in [0.717, 1.165) is 15.5 Å². The number of thiazole rings is 1. The number of hydrogen-bond acceptors (Lipinski definition) is 4. The molecular formula is C14H12N2S2. The van der Waals surface area contributed by atoms with Gasteiger partial charge in [0.2, 0.25) is 0 Å². The summed E-state index contributed by atoms with van der Waals surface area (Å²) in [4.78, 5) is 5.79. The van der Waals surface area contributed by atoms with Gasteiger partial charge in [-0.2, -0.15) is 0 Å². The second kappa shape index (κ2) is 4.63. The van der Waals surface area contributed by atoms with Gasteiger partial charge in [0, 0.05) is 10.6 Å². The highest BCUT2D eigenvalue weighted by Gasteiger charge is 2.07. The molecule has 0 saturated heterocycles. The van der Waals surface area contributed by atoms with E-state index in [-0.39, 0.29) is 0 Å². The fraction of sp³-hybridized carbons (Fsp3) is 0.0714. The Morgan fingerprint density at radius 3 is 2.83 bits per heavy atom. The maximum atomic E-state index is 5.83. The molecule has 1 aromatic heterocycles. The molecule has 0 atom stereocenters. The van der Waals surface area contributed by atoms with Crippen LogP contribution in [0.1, 0.15) is 5.56 Å². The first-order valence-electron chi connectivity index (χ1n) is 5.62. The molecule has 0 saturated carbocycles. The number of rotatable bonds is 2. The molecule has 2 N–H and O–H groups in total. The van der Waals surface area contributed by atoms with Crippen molar-refractivity contribution in [3.05, 3.63) is 48.0 Å². The predicted molar refractivity (Wildman–Crippen MR) is 79.3 cm³/mol. The van der Waals surface area contributed by atoms with Gasteiger partial charge in [-0.3, -0.25) is 0 Å². The Morgan fingerprint density at radius 2 is 2.00 bits per heavy atom. The number of benzene rings is 2. The van der Waals surface area contributed by atoms with Crippen LogP contribution in [0.25, 0.3) is 10.2 Å². The number of fused-ring (bicyclic) bond motifs is 1. The fourth-order valence-electron chi connectivity index (χ4n) is 1.72. The second-order valence-electron chi connectivity index (χ2n) is 4.07. The summed E-state index contributed by atoms with van der Waals surface area (Å²) in [5.74, 6) is 0. The van der Waals surface area contributed by atoms with Crippen molar-refractivity contribution in [1.82, 2.24) is 4.98 Å². The molecule has 0 fully saturated rings. The number of nitrogens with zero attached hydrogens (tertiary/aromatic N) is 1. The molecular weight excluding hydrogens is 260 g/mol. The minimum Gasteiger partial charge on any atom is -0.399 e. The van der Waals surface area contributed by atoms with Gasteiger partial charge in [0.05, 0.1) is 10.2 Å². The quantitative estimate of drug-likeness (QED) is 0.705. The molecule has 0 unspecified atom stereocenters. The fourth-order valence-corrected chi connectivity index (χ4v) is 3.87. The number of para-hydroxylation sites is 1. The molecule has 3 aromatic rings. The Bertz CT molecular complexity index is 671. The first-order chi connectivity index (χ1) is 8.72. The van der Waals surface area contributed by atoms with Crippen LogP contribution < -0.4 is 5.73 Å². The topological polar surface area (TPSA) is 38.9 Å². The van der Waals surface area contributed by atoms with Crippen LogP contribution in [0.5, 0.6) is 0 Å². The Balaban J connectivity index is 1.98. The molecule has 0 aliphatic rings. The van der Waals surface area contributed by atoms with Crippen LogP contribution >= 0.6 is 23.1 Å². The van der Waals surface area contributed by atoms with Gasteiger partial charge in [-0.15, -0.1) is 11.3 Å². The molecule has 0 aliphatic heterocycles. The molecule has 0 amide bonds. The zero-order valence-corrected chi connectivity index (χ0v) is 11.5. The van der Waals surface area contributed by atoms with Gasteiger partial charge in [-0.25, -0.2) is 4.98 Å². The first-order valence-corrected chi connectivity index (χ1v) is 7.25. The molecule has 90 valence electrons. The monoisotopic (exact) mass is 272 g/mol. The maximum absolute atomic E-state index is 5.83. The number of nitrogens with two attached hydrogens (primary N) is 1. The van der Waals surface area contributed by atoms with Crippen LogP contribution in [0.3, 0.4) is 0 Å². The summed E-state index contributed by atoms with van der Waals surface area (Å²) in [6.07, 6.45) is 0. The van der Waals surface area contributed by atoms with E-state index >= 15 is 0 Å². The number of nitrogen functional groups attached to an aromatic ring is 1. The van der Waals surface area contributed by atoms with Crippen molar-refractivity contribution in [1.29, 1.82) is 0 Å². The third-order valence-electron chi connectivity index (χ3n) is 2.68. The van der Waals surface area contributed by atoms with Crippen LogP contribution in [0.2, 0.25) is 0 Å². The highest BCUT2D eigenvalue weighted by Crippen LogP contribution is 2.36. The highest BCUT2D eigenvalue weighted by atomic mass is 32.2. The van der Waals surface area contributed by atoms with Gasteiger partial charge in [-0.1, -0.05) is 30.0 Å². The summed E-state index contributed by atoms with van der Waals surface area (Å²) < 4.78 is 2.28. The molecule has 0 bridgehead atoms. The maximum Gasteiger partial charge on any atom is 0.155 e. The molecule has 3 rings (SSSR count). The molecule has 0 radical (unpaired) electrons. The van der Waals surface area contributed by atoms with Gasteiger partial charge in [0.1, 0.15) is 0 Å². The molecule has 0 aliphatic carbocycles. The van der Waals surface area contributed by atoms with Crippen molar-refractivity contribution in [2.45, 2.75) is 16.2 Å². The normalized spacial score (nSPS) is 10.9. The van der Waals surface area contributed by atoms with Crippen molar-refractivity contribution >= 4 is 39.0 Å². The van der Waals surface area contributed by atoms with Crippen molar-refractivity contribution in [2.24, 2.45) is 0 Å². The number of aryl methyl sites for hydroxylation is 1. The van der Waals surface area contributed by atoms with E-state index in [1.54, 1.807) is 23.1 Å². The molecule has 1 heterocycles. The van der Waals surface area contributed by atoms with Gasteiger partial charge in [0.15, 0.2) is 4.34 Å². The lowest BCUT2D eigenvalue weighted by Gasteiger charge is -2.03. The zero-order valence-electron chi connectivity index (χ0n) is 9.88. The number of anilines is 1. The van der Waals surface area contributed by atoms with Crippen LogP contribution in [-0.2, 0) is 0 Å². The molecule has 0 spiro atoms. The lowest BCUT2D eigenvalue weighted by molar-refractivity contribution is 1.26. The van der Waals surface area contributed by atoms with Crippen LogP contribution in [0.4, 0.5) is 5.69 Å². The molecule has 2 aromatic carbocycles. The lowest BCUT2D eigenvalue weighted by atomic mass is 10.2. The average molecular weight is 272 g/mol. The third-order valence-corrected chi connectivity index (χ3v) is 4.94. The summed E-state index contributed by atoms with van der Waals surface area (Å²) in [7, 11) is 0. The Kier molecular flexibility index (Phi) is 2.97. The van der Waals surface area contributed by atoms with Crippen molar-refractivity contribution in [3.8, 4) is 0 Å². The first kappa shape index (κ1) is 11.6. The Labute approximate surface area is 114 Å². The average Bonchev–Trinajstić information content (AvgIpc) is 2.76. The van der Waals surface area contributed by atoms with Crippen molar-refractivity contribution in [2.75, 3.05) is 5.73 Å². The van der Waals surface area contributed by atoms with E-state index in [4.69, 9.17) is 5.73 Å². The number of hydrogen-bond donors (Lipinski definition) is 1. The van der Waals surface area contributed by atoms with E-state index in [1.165, 1.54) is 15.2 Å². The van der Waals surface area contributed by atoms with Crippen molar-refractivity contribution in [3.63, 3.8) is 0 Å². The van der Waals surface area contributed by atoms with E-state index in [9.17, 15) is 0 Å². The van der Waals surface area contributed by atoms with E-state index < -0.39 is 0 Å². The smallest absolute Gasteiger partial charge is 0.155 e. The van der Waals surface area contributed by atoms with Crippen LogP contribution in [0, 0.1) is 6.92 Å². The number of aromatic nitrogens is 1. The minimum absolute atomic E-state index is 0.796. The van der Waals surface area contributed by atoms with E-state index in [2.05, 4.69) is 18.0 Å². The zero-order chi connectivity index (χ0) is 12.5. The molecule has 4 heteroatoms. The van der Waals surface area contributed by atoms with Crippen LogP contribution in [-0.4, -0.2) is 4.98 Å². The summed E-state index contributed by atoms with van der Waals surface area (Å²) in [5, 5.41) is 0. The molecule has 18 heavy (non-hydrogen) atoms. The van der Waals surface area contributed by atoms with E-state index in [1.807, 2.05) is 36.4 Å². The van der Waals surface area contributed by atoms with Gasteiger partial charge in [0.25, 0.3) is 0 Å². The van der Waals surface area contributed by atoms with E-state index in [0.29, 0.717) is 0 Å². The van der Waals surface area contributed by atoms with Gasteiger partial charge in [-0.05, 0) is 36.8 Å². The predicted octanol–water partition coefficient (Wildman–Crippen LogP) is 4.34. The minimum atomic E-state index is 0.796. The summed E-state index contributed by atoms with van der Waals surface area (Å²) >= 11 is 3.40. The Morgan fingerprint density at radius 1 is 1.17 bits per heavy atom. The standard InChI is InChI=1S/C14H12N2S2/c1-9-6-7-10(15)8-13(9)18-14-16-11-4-2-3-5-12(11)17-14/h2-8H,15H2,1H3. The Hall–Kier alpha value is -1.52. The van der Waals surface area contributed by atoms with Crippen LogP contribution in [0.15, 0.2) is 51.7 Å². The summed E-state index contributed by atoms with van der Waals surface area (Å²) in [6, 6.07) is 14.2. The largest absolute Gasteiger partial charge is 0.399 e. The lowest BCUT2D eigenvalue weighted by Crippen LogP contribution is -1.86. The summed E-state index contributed by atoms with van der Waals surface area (Å²) in [6.45, 7) is 2.09. The van der Waals surface area contributed by atoms with Gasteiger partial charge >= 0.3 is 0 Å². The van der Waals surface area contributed by atoms with Gasteiger partial charge < -0.3 is 5.73 Å². The highest BCUT2D eigenvalue weighted by molar-refractivity contribution is 8.01. The third kappa shape index (κ3) is 2.21.